The van der Waals surface area contributed by atoms with Gasteiger partial charge in [-0.2, -0.15) is 9.61 Å². The molecule has 4 rings (SSSR count). The van der Waals surface area contributed by atoms with Gasteiger partial charge in [-0.25, -0.2) is 4.98 Å². The third kappa shape index (κ3) is 2.93. The minimum atomic E-state index is 0.109. The lowest BCUT2D eigenvalue weighted by atomic mass is 10.0. The van der Waals surface area contributed by atoms with Crippen LogP contribution in [0.5, 0.6) is 5.88 Å². The molecule has 0 saturated heterocycles. The van der Waals surface area contributed by atoms with Crippen molar-refractivity contribution >= 4 is 17.4 Å². The molecule has 0 amide bonds. The molecule has 0 aliphatic heterocycles. The van der Waals surface area contributed by atoms with Gasteiger partial charge in [0.25, 0.3) is 0 Å². The lowest BCUT2D eigenvalue weighted by molar-refractivity contribution is 0.438. The van der Waals surface area contributed by atoms with Gasteiger partial charge >= 0.3 is 0 Å². The topological polar surface area (TPSA) is 50.4 Å². The minimum Gasteiger partial charge on any atom is -0.492 e. The molecule has 23 heavy (non-hydrogen) atoms. The number of aromatic nitrogens is 3. The summed E-state index contributed by atoms with van der Waals surface area (Å²) in [5.74, 6) is 0.109. The van der Waals surface area contributed by atoms with Crippen LogP contribution in [0.4, 0.5) is 0 Å². The zero-order valence-electron chi connectivity index (χ0n) is 12.9. The van der Waals surface area contributed by atoms with E-state index in [1.165, 1.54) is 32.1 Å². The van der Waals surface area contributed by atoms with Crippen molar-refractivity contribution < 1.29 is 5.11 Å². The van der Waals surface area contributed by atoms with Crippen LogP contribution in [0.3, 0.4) is 0 Å². The van der Waals surface area contributed by atoms with Crippen molar-refractivity contribution in [2.24, 2.45) is 0 Å². The first-order valence-corrected chi connectivity index (χ1v) is 9.00. The van der Waals surface area contributed by atoms with Gasteiger partial charge in [-0.3, -0.25) is 0 Å². The summed E-state index contributed by atoms with van der Waals surface area (Å²) >= 11 is 1.82. The highest BCUT2D eigenvalue weighted by molar-refractivity contribution is 7.99. The standard InChI is InChI=1S/C18H19N3OS/c22-18-17(13-7-3-1-4-8-13)19-15-11-12-16(20-21(15)18)23-14-9-5-2-6-10-14/h1,3-4,7-8,11-12,14,22H,2,5-6,9-10H2. The van der Waals surface area contributed by atoms with Crippen LogP contribution in [0, 0.1) is 0 Å². The highest BCUT2D eigenvalue weighted by Crippen LogP contribution is 2.34. The normalized spacial score (nSPS) is 16.0. The summed E-state index contributed by atoms with van der Waals surface area (Å²) in [5, 5.41) is 16.7. The fraction of sp³-hybridized carbons (Fsp3) is 0.333. The van der Waals surface area contributed by atoms with Crippen LogP contribution in [0.2, 0.25) is 0 Å². The molecule has 1 fully saturated rings. The molecular weight excluding hydrogens is 306 g/mol. The Bertz CT molecular complexity index is 810. The molecule has 0 atom stereocenters. The van der Waals surface area contributed by atoms with Gasteiger partial charge in [0, 0.05) is 10.8 Å². The molecule has 118 valence electrons. The van der Waals surface area contributed by atoms with Gasteiger partial charge in [-0.05, 0) is 25.0 Å². The predicted octanol–water partition coefficient (Wildman–Crippen LogP) is 4.53. The molecular formula is C18H19N3OS. The van der Waals surface area contributed by atoms with E-state index in [9.17, 15) is 5.11 Å². The van der Waals surface area contributed by atoms with E-state index in [4.69, 9.17) is 0 Å². The number of aromatic hydroxyl groups is 1. The highest BCUT2D eigenvalue weighted by Gasteiger charge is 2.18. The van der Waals surface area contributed by atoms with Crippen molar-refractivity contribution in [1.29, 1.82) is 0 Å². The smallest absolute Gasteiger partial charge is 0.241 e. The van der Waals surface area contributed by atoms with Crippen LogP contribution in [0.25, 0.3) is 16.9 Å². The first-order chi connectivity index (χ1) is 11.3. The number of nitrogens with zero attached hydrogens (tertiary/aromatic N) is 3. The van der Waals surface area contributed by atoms with E-state index in [1.54, 1.807) is 4.52 Å². The highest BCUT2D eigenvalue weighted by atomic mass is 32.2. The van der Waals surface area contributed by atoms with Crippen molar-refractivity contribution in [2.45, 2.75) is 42.4 Å². The molecule has 5 heteroatoms. The van der Waals surface area contributed by atoms with E-state index >= 15 is 0 Å². The van der Waals surface area contributed by atoms with Crippen LogP contribution in [-0.2, 0) is 0 Å². The van der Waals surface area contributed by atoms with Crippen LogP contribution in [-0.4, -0.2) is 25.0 Å². The Kier molecular flexibility index (Phi) is 3.95. The molecule has 0 spiro atoms. The second kappa shape index (κ2) is 6.24. The number of rotatable bonds is 3. The van der Waals surface area contributed by atoms with Gasteiger partial charge < -0.3 is 5.11 Å². The molecule has 1 aliphatic carbocycles. The quantitative estimate of drug-likeness (QED) is 0.769. The zero-order valence-corrected chi connectivity index (χ0v) is 13.7. The first-order valence-electron chi connectivity index (χ1n) is 8.12. The van der Waals surface area contributed by atoms with E-state index in [2.05, 4.69) is 10.1 Å². The number of hydrogen-bond donors (Lipinski definition) is 1. The fourth-order valence-electron chi connectivity index (χ4n) is 3.11. The first kappa shape index (κ1) is 14.6. The van der Waals surface area contributed by atoms with Gasteiger partial charge in [0.05, 0.1) is 0 Å². The van der Waals surface area contributed by atoms with Gasteiger partial charge in [-0.1, -0.05) is 49.6 Å². The van der Waals surface area contributed by atoms with Crippen LogP contribution >= 0.6 is 11.8 Å². The van der Waals surface area contributed by atoms with E-state index < -0.39 is 0 Å². The molecule has 3 aromatic rings. The average molecular weight is 325 g/mol. The second-order valence-electron chi connectivity index (χ2n) is 5.97. The summed E-state index contributed by atoms with van der Waals surface area (Å²) < 4.78 is 1.55. The Labute approximate surface area is 139 Å². The number of thioether (sulfide) groups is 1. The monoisotopic (exact) mass is 325 g/mol. The van der Waals surface area contributed by atoms with Crippen molar-refractivity contribution in [3.63, 3.8) is 0 Å². The van der Waals surface area contributed by atoms with Crippen LogP contribution in [0.1, 0.15) is 32.1 Å². The molecule has 0 radical (unpaired) electrons. The summed E-state index contributed by atoms with van der Waals surface area (Å²) in [5.41, 5.74) is 2.16. The molecule has 1 aromatic carbocycles. The number of fused-ring (bicyclic) bond motifs is 1. The molecule has 4 nitrogen and oxygen atoms in total. The van der Waals surface area contributed by atoms with Gasteiger partial charge in [0.15, 0.2) is 5.65 Å². The second-order valence-corrected chi connectivity index (χ2v) is 7.29. The maximum absolute atomic E-state index is 10.5. The van der Waals surface area contributed by atoms with E-state index in [-0.39, 0.29) is 5.88 Å². The third-order valence-electron chi connectivity index (χ3n) is 4.32. The molecule has 0 bridgehead atoms. The van der Waals surface area contributed by atoms with Crippen molar-refractivity contribution in [3.8, 4) is 17.1 Å². The van der Waals surface area contributed by atoms with E-state index in [1.807, 2.05) is 54.2 Å². The van der Waals surface area contributed by atoms with Gasteiger partial charge in [-0.15, -0.1) is 11.8 Å². The molecule has 2 aromatic heterocycles. The number of imidazole rings is 1. The summed E-state index contributed by atoms with van der Waals surface area (Å²) in [6.07, 6.45) is 6.50. The average Bonchev–Trinajstić information content (AvgIpc) is 2.93. The molecule has 1 saturated carbocycles. The zero-order chi connectivity index (χ0) is 15.6. The van der Waals surface area contributed by atoms with E-state index in [0.717, 1.165) is 10.6 Å². The summed E-state index contributed by atoms with van der Waals surface area (Å²) in [6.45, 7) is 0. The number of benzene rings is 1. The van der Waals surface area contributed by atoms with E-state index in [0.29, 0.717) is 16.6 Å². The maximum Gasteiger partial charge on any atom is 0.241 e. The predicted molar refractivity (Wildman–Crippen MR) is 92.8 cm³/mol. The molecule has 2 heterocycles. The Balaban J connectivity index is 1.67. The summed E-state index contributed by atoms with van der Waals surface area (Å²) in [7, 11) is 0. The Hall–Kier alpha value is -2.01. The Morgan fingerprint density at radius 3 is 2.57 bits per heavy atom. The SMILES string of the molecule is Oc1c(-c2ccccc2)nc2ccc(SC3CCCCC3)nn12. The van der Waals surface area contributed by atoms with Crippen molar-refractivity contribution in [2.75, 3.05) is 0 Å². The van der Waals surface area contributed by atoms with Crippen molar-refractivity contribution in [3.05, 3.63) is 42.5 Å². The van der Waals surface area contributed by atoms with Crippen LogP contribution in [0.15, 0.2) is 47.5 Å². The Morgan fingerprint density at radius 1 is 1.00 bits per heavy atom. The van der Waals surface area contributed by atoms with Gasteiger partial charge in [0.2, 0.25) is 5.88 Å². The molecule has 1 N–H and O–H groups in total. The lowest BCUT2D eigenvalue weighted by Gasteiger charge is -2.20. The molecule has 0 unspecified atom stereocenters. The fourth-order valence-corrected chi connectivity index (χ4v) is 4.30. The van der Waals surface area contributed by atoms with Crippen molar-refractivity contribution in [1.82, 2.24) is 14.6 Å². The Morgan fingerprint density at radius 2 is 1.78 bits per heavy atom. The van der Waals surface area contributed by atoms with Crippen LogP contribution < -0.4 is 0 Å². The largest absolute Gasteiger partial charge is 0.492 e. The summed E-state index contributed by atoms with van der Waals surface area (Å²) in [6, 6.07) is 13.7. The minimum absolute atomic E-state index is 0.109. The lowest BCUT2D eigenvalue weighted by Crippen LogP contribution is -2.08. The third-order valence-corrected chi connectivity index (χ3v) is 5.58. The summed E-state index contributed by atoms with van der Waals surface area (Å²) in [4.78, 5) is 4.51. The maximum atomic E-state index is 10.5. The van der Waals surface area contributed by atoms with Gasteiger partial charge in [0.1, 0.15) is 10.7 Å². The molecule has 1 aliphatic rings. The number of hydrogen-bond acceptors (Lipinski definition) is 4.